The molecule has 5 heteroatoms. The van der Waals surface area contributed by atoms with Crippen LogP contribution in [-0.4, -0.2) is 10.9 Å². The topological polar surface area (TPSA) is 81.2 Å². The first-order valence-corrected chi connectivity index (χ1v) is 6.10. The Kier molecular flexibility index (Phi) is 3.97. The van der Waals surface area contributed by atoms with Gasteiger partial charge in [-0.05, 0) is 31.5 Å². The van der Waals surface area contributed by atoms with Crippen molar-refractivity contribution in [2.75, 3.05) is 0 Å². The quantitative estimate of drug-likeness (QED) is 0.875. The van der Waals surface area contributed by atoms with Crippen molar-refractivity contribution in [3.05, 3.63) is 52.7 Å². The fraction of sp³-hybridized carbons (Fsp3) is 0.286. The van der Waals surface area contributed by atoms with E-state index in [9.17, 15) is 4.79 Å². The summed E-state index contributed by atoms with van der Waals surface area (Å²) in [7, 11) is 0. The number of nitrogens with two attached hydrogens (primary N) is 1. The zero-order chi connectivity index (χ0) is 13.8. The van der Waals surface area contributed by atoms with Crippen LogP contribution in [0.4, 0.5) is 0 Å². The van der Waals surface area contributed by atoms with Crippen molar-refractivity contribution < 1.29 is 9.21 Å². The smallest absolute Gasteiger partial charge is 0.251 e. The van der Waals surface area contributed by atoms with Crippen molar-refractivity contribution in [1.29, 1.82) is 0 Å². The summed E-state index contributed by atoms with van der Waals surface area (Å²) in [4.78, 5) is 16.1. The van der Waals surface area contributed by atoms with E-state index in [0.29, 0.717) is 18.0 Å². The highest BCUT2D eigenvalue weighted by molar-refractivity contribution is 5.94. The molecule has 0 unspecified atom stereocenters. The molecule has 0 fully saturated rings. The van der Waals surface area contributed by atoms with E-state index in [1.807, 2.05) is 26.0 Å². The van der Waals surface area contributed by atoms with Crippen LogP contribution in [-0.2, 0) is 13.1 Å². The minimum atomic E-state index is -0.155. The Balaban J connectivity index is 1.96. The SMILES string of the molecule is Cc1nc(CNC(=O)c2ccc(CN)cc2)oc1C. The lowest BCUT2D eigenvalue weighted by Gasteiger charge is -2.03. The molecule has 0 bridgehead atoms. The second kappa shape index (κ2) is 5.67. The van der Waals surface area contributed by atoms with Crippen molar-refractivity contribution >= 4 is 5.91 Å². The average Bonchev–Trinajstić information content (AvgIpc) is 2.75. The molecule has 19 heavy (non-hydrogen) atoms. The molecule has 1 heterocycles. The maximum absolute atomic E-state index is 11.9. The van der Waals surface area contributed by atoms with Crippen LogP contribution in [0.5, 0.6) is 0 Å². The van der Waals surface area contributed by atoms with Gasteiger partial charge in [-0.1, -0.05) is 12.1 Å². The second-order valence-corrected chi connectivity index (χ2v) is 4.33. The molecular formula is C14H17N3O2. The maximum atomic E-state index is 11.9. The number of aromatic nitrogens is 1. The lowest BCUT2D eigenvalue weighted by Crippen LogP contribution is -2.22. The van der Waals surface area contributed by atoms with Crippen LogP contribution in [0.25, 0.3) is 0 Å². The Hall–Kier alpha value is -2.14. The largest absolute Gasteiger partial charge is 0.444 e. The van der Waals surface area contributed by atoms with E-state index in [-0.39, 0.29) is 12.5 Å². The second-order valence-electron chi connectivity index (χ2n) is 4.33. The standard InChI is InChI=1S/C14H17N3O2/c1-9-10(2)19-13(17-9)8-16-14(18)12-5-3-11(7-15)4-6-12/h3-6H,7-8,15H2,1-2H3,(H,16,18). The summed E-state index contributed by atoms with van der Waals surface area (Å²) in [6.07, 6.45) is 0. The summed E-state index contributed by atoms with van der Waals surface area (Å²) < 4.78 is 5.39. The lowest BCUT2D eigenvalue weighted by molar-refractivity contribution is 0.0947. The van der Waals surface area contributed by atoms with E-state index >= 15 is 0 Å². The van der Waals surface area contributed by atoms with E-state index in [1.54, 1.807) is 12.1 Å². The van der Waals surface area contributed by atoms with E-state index < -0.39 is 0 Å². The molecule has 0 atom stereocenters. The summed E-state index contributed by atoms with van der Waals surface area (Å²) in [5.41, 5.74) is 7.94. The number of nitrogens with zero attached hydrogens (tertiary/aromatic N) is 1. The number of hydrogen-bond acceptors (Lipinski definition) is 4. The van der Waals surface area contributed by atoms with Crippen molar-refractivity contribution in [2.45, 2.75) is 26.9 Å². The first kappa shape index (κ1) is 13.3. The van der Waals surface area contributed by atoms with Gasteiger partial charge < -0.3 is 15.5 Å². The number of hydrogen-bond donors (Lipinski definition) is 2. The highest BCUT2D eigenvalue weighted by Crippen LogP contribution is 2.08. The summed E-state index contributed by atoms with van der Waals surface area (Å²) >= 11 is 0. The number of benzene rings is 1. The van der Waals surface area contributed by atoms with Gasteiger partial charge in [-0.25, -0.2) is 4.98 Å². The predicted molar refractivity (Wildman–Crippen MR) is 71.5 cm³/mol. The number of aryl methyl sites for hydroxylation is 2. The molecule has 5 nitrogen and oxygen atoms in total. The van der Waals surface area contributed by atoms with Crippen LogP contribution < -0.4 is 11.1 Å². The molecule has 1 aromatic carbocycles. The van der Waals surface area contributed by atoms with Gasteiger partial charge in [0.2, 0.25) is 5.89 Å². The van der Waals surface area contributed by atoms with Gasteiger partial charge in [-0.2, -0.15) is 0 Å². The molecule has 1 aromatic heterocycles. The van der Waals surface area contributed by atoms with Gasteiger partial charge in [-0.3, -0.25) is 4.79 Å². The Labute approximate surface area is 111 Å². The third kappa shape index (κ3) is 3.20. The number of oxazole rings is 1. The molecular weight excluding hydrogens is 242 g/mol. The van der Waals surface area contributed by atoms with Gasteiger partial charge in [0.1, 0.15) is 5.76 Å². The fourth-order valence-electron chi connectivity index (χ4n) is 1.66. The highest BCUT2D eigenvalue weighted by Gasteiger charge is 2.09. The summed E-state index contributed by atoms with van der Waals surface area (Å²) in [5, 5.41) is 2.77. The maximum Gasteiger partial charge on any atom is 0.251 e. The summed E-state index contributed by atoms with van der Waals surface area (Å²) in [6, 6.07) is 7.19. The monoisotopic (exact) mass is 259 g/mol. The molecule has 2 aromatic rings. The van der Waals surface area contributed by atoms with Crippen LogP contribution in [0.1, 0.15) is 33.3 Å². The minimum absolute atomic E-state index is 0.155. The van der Waals surface area contributed by atoms with Crippen molar-refractivity contribution in [3.8, 4) is 0 Å². The van der Waals surface area contributed by atoms with Gasteiger partial charge in [0.15, 0.2) is 0 Å². The summed E-state index contributed by atoms with van der Waals surface area (Å²) in [5.74, 6) is 1.13. The van der Waals surface area contributed by atoms with E-state index in [0.717, 1.165) is 17.0 Å². The lowest BCUT2D eigenvalue weighted by atomic mass is 10.1. The molecule has 0 saturated carbocycles. The number of carbonyl (C=O) groups excluding carboxylic acids is 1. The molecule has 3 N–H and O–H groups in total. The van der Waals surface area contributed by atoms with Gasteiger partial charge in [0, 0.05) is 12.1 Å². The van der Waals surface area contributed by atoms with Gasteiger partial charge >= 0.3 is 0 Å². The Morgan fingerprint density at radius 2 is 2.00 bits per heavy atom. The first-order chi connectivity index (χ1) is 9.10. The molecule has 0 aliphatic rings. The Morgan fingerprint density at radius 3 is 2.53 bits per heavy atom. The predicted octanol–water partition coefficient (Wildman–Crippen LogP) is 1.68. The van der Waals surface area contributed by atoms with Crippen molar-refractivity contribution in [1.82, 2.24) is 10.3 Å². The highest BCUT2D eigenvalue weighted by atomic mass is 16.4. The Bertz CT molecular complexity index is 553. The molecule has 2 rings (SSSR count). The Morgan fingerprint density at radius 1 is 1.32 bits per heavy atom. The fourth-order valence-corrected chi connectivity index (χ4v) is 1.66. The van der Waals surface area contributed by atoms with Crippen molar-refractivity contribution in [3.63, 3.8) is 0 Å². The molecule has 100 valence electrons. The van der Waals surface area contributed by atoms with E-state index in [2.05, 4.69) is 10.3 Å². The number of amides is 1. The van der Waals surface area contributed by atoms with Crippen LogP contribution in [0.15, 0.2) is 28.7 Å². The zero-order valence-electron chi connectivity index (χ0n) is 11.1. The van der Waals surface area contributed by atoms with Gasteiger partial charge in [0.05, 0.1) is 12.2 Å². The third-order valence-electron chi connectivity index (χ3n) is 2.92. The molecule has 0 aliphatic carbocycles. The third-order valence-corrected chi connectivity index (χ3v) is 2.92. The van der Waals surface area contributed by atoms with Crippen LogP contribution in [0.3, 0.4) is 0 Å². The molecule has 0 saturated heterocycles. The van der Waals surface area contributed by atoms with Crippen LogP contribution in [0.2, 0.25) is 0 Å². The number of rotatable bonds is 4. The van der Waals surface area contributed by atoms with Crippen LogP contribution >= 0.6 is 0 Å². The molecule has 0 aliphatic heterocycles. The van der Waals surface area contributed by atoms with Crippen molar-refractivity contribution in [2.24, 2.45) is 5.73 Å². The average molecular weight is 259 g/mol. The molecule has 0 radical (unpaired) electrons. The first-order valence-electron chi connectivity index (χ1n) is 6.10. The van der Waals surface area contributed by atoms with E-state index in [4.69, 9.17) is 10.2 Å². The minimum Gasteiger partial charge on any atom is -0.444 e. The van der Waals surface area contributed by atoms with Crippen LogP contribution in [0, 0.1) is 13.8 Å². The van der Waals surface area contributed by atoms with E-state index in [1.165, 1.54) is 0 Å². The summed E-state index contributed by atoms with van der Waals surface area (Å²) in [6.45, 7) is 4.47. The number of nitrogens with one attached hydrogen (secondary N) is 1. The van der Waals surface area contributed by atoms with Gasteiger partial charge in [0.25, 0.3) is 5.91 Å². The molecule has 1 amide bonds. The zero-order valence-corrected chi connectivity index (χ0v) is 11.1. The number of carbonyl (C=O) groups is 1. The molecule has 0 spiro atoms. The normalized spacial score (nSPS) is 10.5. The van der Waals surface area contributed by atoms with Gasteiger partial charge in [-0.15, -0.1) is 0 Å².